The van der Waals surface area contributed by atoms with E-state index >= 15 is 0 Å². The van der Waals surface area contributed by atoms with Gasteiger partial charge in [0.25, 0.3) is 0 Å². The summed E-state index contributed by atoms with van der Waals surface area (Å²) in [7, 11) is 1.66. The topological polar surface area (TPSA) is 41.5 Å². The van der Waals surface area contributed by atoms with Gasteiger partial charge in [-0.3, -0.25) is 0 Å². The second-order valence-electron chi connectivity index (χ2n) is 5.22. The standard InChI is InChI=1S/C17H19NO2/c1-20-15-8-6-14(7-9-15)18-16-10-12-4-2-3-5-13(12)11-17(16)19/h2-9,16-19H,10-11H2,1H3/t16-,17-/m1/s1. The molecule has 2 aromatic carbocycles. The Labute approximate surface area is 119 Å². The first kappa shape index (κ1) is 13.0. The van der Waals surface area contributed by atoms with Crippen molar-refractivity contribution in [3.8, 4) is 5.75 Å². The van der Waals surface area contributed by atoms with Crippen LogP contribution in [-0.2, 0) is 12.8 Å². The third kappa shape index (κ3) is 2.63. The molecule has 0 amide bonds. The molecule has 0 unspecified atom stereocenters. The summed E-state index contributed by atoms with van der Waals surface area (Å²) in [6.07, 6.45) is 1.21. The summed E-state index contributed by atoms with van der Waals surface area (Å²) in [5.74, 6) is 0.838. The van der Waals surface area contributed by atoms with E-state index in [9.17, 15) is 5.11 Å². The van der Waals surface area contributed by atoms with E-state index in [1.807, 2.05) is 30.3 Å². The van der Waals surface area contributed by atoms with E-state index in [2.05, 4.69) is 23.5 Å². The Hall–Kier alpha value is -2.00. The van der Waals surface area contributed by atoms with Crippen molar-refractivity contribution in [1.82, 2.24) is 0 Å². The Morgan fingerprint density at radius 3 is 2.30 bits per heavy atom. The fourth-order valence-corrected chi connectivity index (χ4v) is 2.74. The maximum Gasteiger partial charge on any atom is 0.119 e. The molecule has 2 aromatic rings. The molecule has 0 spiro atoms. The number of ether oxygens (including phenoxy) is 1. The van der Waals surface area contributed by atoms with Gasteiger partial charge in [0.15, 0.2) is 0 Å². The minimum Gasteiger partial charge on any atom is -0.497 e. The lowest BCUT2D eigenvalue weighted by molar-refractivity contribution is 0.145. The van der Waals surface area contributed by atoms with E-state index < -0.39 is 0 Å². The van der Waals surface area contributed by atoms with E-state index in [1.165, 1.54) is 11.1 Å². The number of benzene rings is 2. The maximum atomic E-state index is 10.3. The van der Waals surface area contributed by atoms with Crippen LogP contribution in [0.5, 0.6) is 5.75 Å². The molecule has 3 rings (SSSR count). The highest BCUT2D eigenvalue weighted by Gasteiger charge is 2.26. The van der Waals surface area contributed by atoms with Gasteiger partial charge < -0.3 is 15.2 Å². The van der Waals surface area contributed by atoms with Crippen LogP contribution in [0.3, 0.4) is 0 Å². The molecule has 104 valence electrons. The van der Waals surface area contributed by atoms with Crippen LogP contribution in [0.1, 0.15) is 11.1 Å². The van der Waals surface area contributed by atoms with E-state index in [4.69, 9.17) is 4.74 Å². The normalized spacial score (nSPS) is 21.1. The molecule has 0 saturated carbocycles. The number of hydrogen-bond donors (Lipinski definition) is 2. The smallest absolute Gasteiger partial charge is 0.119 e. The average molecular weight is 269 g/mol. The second-order valence-corrected chi connectivity index (χ2v) is 5.22. The van der Waals surface area contributed by atoms with Crippen molar-refractivity contribution in [3.05, 3.63) is 59.7 Å². The van der Waals surface area contributed by atoms with E-state index in [0.717, 1.165) is 17.9 Å². The monoisotopic (exact) mass is 269 g/mol. The summed E-state index contributed by atoms with van der Waals surface area (Å²) in [6.45, 7) is 0. The van der Waals surface area contributed by atoms with Crippen molar-refractivity contribution >= 4 is 5.69 Å². The van der Waals surface area contributed by atoms with E-state index in [0.29, 0.717) is 6.42 Å². The maximum absolute atomic E-state index is 10.3. The molecule has 1 aliphatic carbocycles. The molecule has 0 fully saturated rings. The van der Waals surface area contributed by atoms with Gasteiger partial charge in [-0.05, 0) is 41.8 Å². The first-order valence-electron chi connectivity index (χ1n) is 6.91. The quantitative estimate of drug-likeness (QED) is 0.900. The fraction of sp³-hybridized carbons (Fsp3) is 0.294. The largest absolute Gasteiger partial charge is 0.497 e. The van der Waals surface area contributed by atoms with Gasteiger partial charge in [-0.2, -0.15) is 0 Å². The Kier molecular flexibility index (Phi) is 3.61. The molecule has 3 nitrogen and oxygen atoms in total. The predicted molar refractivity (Wildman–Crippen MR) is 80.3 cm³/mol. The lowest BCUT2D eigenvalue weighted by Crippen LogP contribution is -2.40. The van der Waals surface area contributed by atoms with Crippen LogP contribution in [0, 0.1) is 0 Å². The number of anilines is 1. The molecule has 0 aromatic heterocycles. The summed E-state index contributed by atoms with van der Waals surface area (Å²) in [4.78, 5) is 0. The molecule has 0 aliphatic heterocycles. The lowest BCUT2D eigenvalue weighted by Gasteiger charge is -2.31. The molecule has 0 saturated heterocycles. The molecule has 2 N–H and O–H groups in total. The van der Waals surface area contributed by atoms with Crippen LogP contribution in [0.2, 0.25) is 0 Å². The fourth-order valence-electron chi connectivity index (χ4n) is 2.74. The molecule has 0 heterocycles. The summed E-state index contributed by atoms with van der Waals surface area (Å²) in [6, 6.07) is 16.2. The lowest BCUT2D eigenvalue weighted by atomic mass is 9.86. The van der Waals surface area contributed by atoms with Crippen molar-refractivity contribution in [3.63, 3.8) is 0 Å². The Balaban J connectivity index is 1.74. The van der Waals surface area contributed by atoms with Gasteiger partial charge in [0.1, 0.15) is 5.75 Å². The number of hydrogen-bond acceptors (Lipinski definition) is 3. The molecule has 3 heteroatoms. The SMILES string of the molecule is COc1ccc(N[C@@H]2Cc3ccccc3C[C@H]2O)cc1. The summed E-state index contributed by atoms with van der Waals surface area (Å²) < 4.78 is 5.15. The first-order valence-corrected chi connectivity index (χ1v) is 6.91. The summed E-state index contributed by atoms with van der Waals surface area (Å²) >= 11 is 0. The third-order valence-corrected chi connectivity index (χ3v) is 3.89. The zero-order valence-corrected chi connectivity index (χ0v) is 11.5. The van der Waals surface area contributed by atoms with Crippen LogP contribution in [-0.4, -0.2) is 24.4 Å². The van der Waals surface area contributed by atoms with Crippen LogP contribution in [0.15, 0.2) is 48.5 Å². The zero-order chi connectivity index (χ0) is 13.9. The van der Waals surface area contributed by atoms with Gasteiger partial charge in [-0.25, -0.2) is 0 Å². The number of methoxy groups -OCH3 is 1. The van der Waals surface area contributed by atoms with Crippen LogP contribution < -0.4 is 10.1 Å². The Morgan fingerprint density at radius 2 is 1.65 bits per heavy atom. The van der Waals surface area contributed by atoms with Crippen molar-refractivity contribution in [1.29, 1.82) is 0 Å². The van der Waals surface area contributed by atoms with E-state index in [1.54, 1.807) is 7.11 Å². The molecule has 1 aliphatic rings. The van der Waals surface area contributed by atoms with Gasteiger partial charge in [0.2, 0.25) is 0 Å². The number of aliphatic hydroxyl groups excluding tert-OH is 1. The van der Waals surface area contributed by atoms with Crippen molar-refractivity contribution < 1.29 is 9.84 Å². The number of fused-ring (bicyclic) bond motifs is 1. The number of nitrogens with one attached hydrogen (secondary N) is 1. The molecule has 20 heavy (non-hydrogen) atoms. The van der Waals surface area contributed by atoms with Crippen molar-refractivity contribution in [2.24, 2.45) is 0 Å². The van der Waals surface area contributed by atoms with Gasteiger partial charge in [-0.1, -0.05) is 24.3 Å². The second kappa shape index (κ2) is 5.55. The average Bonchev–Trinajstić information content (AvgIpc) is 2.49. The molecular weight excluding hydrogens is 250 g/mol. The minimum absolute atomic E-state index is 0.0540. The molecule has 2 atom stereocenters. The minimum atomic E-state index is -0.355. The molecular formula is C17H19NO2. The predicted octanol–water partition coefficient (Wildman–Crippen LogP) is 2.64. The van der Waals surface area contributed by atoms with Crippen LogP contribution >= 0.6 is 0 Å². The van der Waals surface area contributed by atoms with Gasteiger partial charge in [0, 0.05) is 12.1 Å². The van der Waals surface area contributed by atoms with Gasteiger partial charge >= 0.3 is 0 Å². The van der Waals surface area contributed by atoms with Gasteiger partial charge in [0.05, 0.1) is 19.3 Å². The zero-order valence-electron chi connectivity index (χ0n) is 11.5. The van der Waals surface area contributed by atoms with Crippen LogP contribution in [0.25, 0.3) is 0 Å². The van der Waals surface area contributed by atoms with E-state index in [-0.39, 0.29) is 12.1 Å². The number of aliphatic hydroxyl groups is 1. The number of rotatable bonds is 3. The highest BCUT2D eigenvalue weighted by atomic mass is 16.5. The third-order valence-electron chi connectivity index (χ3n) is 3.89. The highest BCUT2D eigenvalue weighted by Crippen LogP contribution is 2.25. The van der Waals surface area contributed by atoms with Crippen LogP contribution in [0.4, 0.5) is 5.69 Å². The summed E-state index contributed by atoms with van der Waals surface area (Å²) in [5.41, 5.74) is 3.59. The Morgan fingerprint density at radius 1 is 1.00 bits per heavy atom. The molecule has 0 bridgehead atoms. The van der Waals surface area contributed by atoms with Crippen molar-refractivity contribution in [2.75, 3.05) is 12.4 Å². The highest BCUT2D eigenvalue weighted by molar-refractivity contribution is 5.48. The first-order chi connectivity index (χ1) is 9.76. The van der Waals surface area contributed by atoms with Gasteiger partial charge in [-0.15, -0.1) is 0 Å². The Bertz CT molecular complexity index is 580. The molecule has 0 radical (unpaired) electrons. The summed E-state index contributed by atoms with van der Waals surface area (Å²) in [5, 5.41) is 13.7. The van der Waals surface area contributed by atoms with Crippen molar-refractivity contribution in [2.45, 2.75) is 25.0 Å².